The summed E-state index contributed by atoms with van der Waals surface area (Å²) >= 11 is 0. The number of benzene rings is 1. The van der Waals surface area contributed by atoms with Crippen LogP contribution >= 0.6 is 0 Å². The number of hydrogen-bond acceptors (Lipinski definition) is 6. The van der Waals surface area contributed by atoms with Crippen LogP contribution in [0.2, 0.25) is 0 Å². The predicted molar refractivity (Wildman–Crippen MR) is 94.0 cm³/mol. The highest BCUT2D eigenvalue weighted by atomic mass is 32.2. The van der Waals surface area contributed by atoms with E-state index in [9.17, 15) is 21.6 Å². The van der Waals surface area contributed by atoms with Gasteiger partial charge in [0, 0.05) is 24.3 Å². The van der Waals surface area contributed by atoms with E-state index in [4.69, 9.17) is 5.73 Å². The number of aryl methyl sites for hydroxylation is 1. The number of fused-ring (bicyclic) bond motifs is 1. The molecular formula is C16H18F3N5O2S. The molecule has 11 heteroatoms. The predicted octanol–water partition coefficient (Wildman–Crippen LogP) is 2.27. The Bertz CT molecular complexity index is 992. The van der Waals surface area contributed by atoms with Crippen molar-refractivity contribution in [3.63, 3.8) is 0 Å². The molecule has 0 bridgehead atoms. The molecular weight excluding hydrogens is 383 g/mol. The molecule has 1 aromatic heterocycles. The van der Waals surface area contributed by atoms with Gasteiger partial charge in [-0.3, -0.25) is 0 Å². The Morgan fingerprint density at radius 2 is 1.93 bits per heavy atom. The lowest BCUT2D eigenvalue weighted by Gasteiger charge is -2.14. The van der Waals surface area contributed by atoms with E-state index >= 15 is 0 Å². The van der Waals surface area contributed by atoms with Gasteiger partial charge in [0.2, 0.25) is 10.0 Å². The van der Waals surface area contributed by atoms with Crippen molar-refractivity contribution >= 4 is 21.5 Å². The maximum atomic E-state index is 12.9. The van der Waals surface area contributed by atoms with Crippen molar-refractivity contribution in [3.05, 3.63) is 46.4 Å². The fraction of sp³-hybridized carbons (Fsp3) is 0.375. The second-order valence-corrected chi connectivity index (χ2v) is 8.37. The van der Waals surface area contributed by atoms with Crippen molar-refractivity contribution in [3.8, 4) is 0 Å². The number of nitrogens with one attached hydrogen (secondary N) is 1. The van der Waals surface area contributed by atoms with Crippen LogP contribution in [0.5, 0.6) is 0 Å². The number of nitrogen functional groups attached to an aromatic ring is 1. The normalized spacial score (nSPS) is 15.0. The zero-order valence-electron chi connectivity index (χ0n) is 14.6. The number of alkyl halides is 3. The van der Waals surface area contributed by atoms with Crippen LogP contribution in [0.3, 0.4) is 0 Å². The van der Waals surface area contributed by atoms with E-state index < -0.39 is 21.8 Å². The van der Waals surface area contributed by atoms with Crippen molar-refractivity contribution in [1.29, 1.82) is 0 Å². The Morgan fingerprint density at radius 3 is 2.56 bits per heavy atom. The van der Waals surface area contributed by atoms with Crippen molar-refractivity contribution in [2.75, 3.05) is 17.3 Å². The van der Waals surface area contributed by atoms with E-state index in [0.717, 1.165) is 18.4 Å². The number of anilines is 2. The summed E-state index contributed by atoms with van der Waals surface area (Å²) in [6, 6.07) is 3.33. The Balaban J connectivity index is 1.86. The fourth-order valence-electron chi connectivity index (χ4n) is 2.90. The number of nitrogens with two attached hydrogens (primary N) is 1. The first-order chi connectivity index (χ1) is 12.4. The maximum absolute atomic E-state index is 12.9. The fourth-order valence-corrected chi connectivity index (χ4v) is 3.62. The van der Waals surface area contributed by atoms with E-state index in [2.05, 4.69) is 15.3 Å². The standard InChI is InChI=1S/C16H18F3N5O2S/c1-9-22-14-8-24(27(2,25)26)7-13(14)15(23-9)21-6-10-3-11(16(17,18)19)5-12(20)4-10/h3-5H,6-8,20H2,1-2H3,(H,21,22,23). The smallest absolute Gasteiger partial charge is 0.399 e. The first-order valence-electron chi connectivity index (χ1n) is 7.95. The van der Waals surface area contributed by atoms with Crippen LogP contribution in [-0.2, 0) is 35.8 Å². The second kappa shape index (κ2) is 6.64. The molecule has 1 aliphatic heterocycles. The topological polar surface area (TPSA) is 101 Å². The highest BCUT2D eigenvalue weighted by Crippen LogP contribution is 2.32. The molecule has 0 aliphatic carbocycles. The zero-order chi connectivity index (χ0) is 20.0. The Morgan fingerprint density at radius 1 is 1.22 bits per heavy atom. The van der Waals surface area contributed by atoms with Crippen LogP contribution in [0, 0.1) is 6.92 Å². The largest absolute Gasteiger partial charge is 0.416 e. The summed E-state index contributed by atoms with van der Waals surface area (Å²) in [5.41, 5.74) is 6.30. The minimum Gasteiger partial charge on any atom is -0.399 e. The first kappa shape index (κ1) is 19.4. The van der Waals surface area contributed by atoms with Gasteiger partial charge in [-0.15, -0.1) is 0 Å². The third-order valence-electron chi connectivity index (χ3n) is 4.14. The van der Waals surface area contributed by atoms with E-state index in [0.29, 0.717) is 28.5 Å². The van der Waals surface area contributed by atoms with Crippen molar-refractivity contribution in [2.24, 2.45) is 0 Å². The lowest BCUT2D eigenvalue weighted by Crippen LogP contribution is -2.24. The Hall–Kier alpha value is -2.40. The van der Waals surface area contributed by atoms with Crippen LogP contribution < -0.4 is 11.1 Å². The molecule has 3 N–H and O–H groups in total. The number of aromatic nitrogens is 2. The average Bonchev–Trinajstić information content (AvgIpc) is 2.95. The number of hydrogen-bond donors (Lipinski definition) is 2. The SMILES string of the molecule is Cc1nc2c(c(NCc3cc(N)cc(C(F)(F)F)c3)n1)CN(S(C)(=O)=O)C2. The van der Waals surface area contributed by atoms with E-state index in [1.54, 1.807) is 6.92 Å². The summed E-state index contributed by atoms with van der Waals surface area (Å²) in [5, 5.41) is 2.98. The molecule has 0 unspecified atom stereocenters. The maximum Gasteiger partial charge on any atom is 0.416 e. The number of rotatable bonds is 4. The zero-order valence-corrected chi connectivity index (χ0v) is 15.4. The van der Waals surface area contributed by atoms with Crippen molar-refractivity contribution in [1.82, 2.24) is 14.3 Å². The number of sulfonamides is 1. The summed E-state index contributed by atoms with van der Waals surface area (Å²) in [6.45, 7) is 1.97. The number of halogens is 3. The van der Waals surface area contributed by atoms with Gasteiger partial charge < -0.3 is 11.1 Å². The van der Waals surface area contributed by atoms with Crippen LogP contribution in [0.1, 0.15) is 28.2 Å². The molecule has 2 heterocycles. The van der Waals surface area contributed by atoms with Gasteiger partial charge in [-0.05, 0) is 30.7 Å². The van der Waals surface area contributed by atoms with Gasteiger partial charge in [-0.25, -0.2) is 18.4 Å². The van der Waals surface area contributed by atoms with Crippen molar-refractivity contribution < 1.29 is 21.6 Å². The summed E-state index contributed by atoms with van der Waals surface area (Å²) in [7, 11) is -3.40. The van der Waals surface area contributed by atoms with Gasteiger partial charge in [-0.1, -0.05) is 0 Å². The molecule has 3 rings (SSSR count). The third kappa shape index (κ3) is 4.30. The lowest BCUT2D eigenvalue weighted by molar-refractivity contribution is -0.137. The van der Waals surface area contributed by atoms with E-state index in [-0.39, 0.29) is 25.3 Å². The quantitative estimate of drug-likeness (QED) is 0.763. The van der Waals surface area contributed by atoms with E-state index in [1.807, 2.05) is 0 Å². The monoisotopic (exact) mass is 401 g/mol. The molecule has 0 spiro atoms. The summed E-state index contributed by atoms with van der Waals surface area (Å²) in [5.74, 6) is 0.842. The molecule has 146 valence electrons. The van der Waals surface area contributed by atoms with Crippen LogP contribution in [-0.4, -0.2) is 28.9 Å². The van der Waals surface area contributed by atoms with Gasteiger partial charge >= 0.3 is 6.18 Å². The minimum atomic E-state index is -4.49. The summed E-state index contributed by atoms with van der Waals surface area (Å²) < 4.78 is 63.6. The molecule has 27 heavy (non-hydrogen) atoms. The van der Waals surface area contributed by atoms with E-state index in [1.165, 1.54) is 10.4 Å². The van der Waals surface area contributed by atoms with Crippen LogP contribution in [0.15, 0.2) is 18.2 Å². The molecule has 0 amide bonds. The Labute approximate surface area is 154 Å². The van der Waals surface area contributed by atoms with Gasteiger partial charge in [0.15, 0.2) is 0 Å². The van der Waals surface area contributed by atoms with Gasteiger partial charge in [0.05, 0.1) is 24.1 Å². The summed E-state index contributed by atoms with van der Waals surface area (Å²) in [4.78, 5) is 8.54. The lowest BCUT2D eigenvalue weighted by atomic mass is 10.1. The molecule has 1 aliphatic rings. The van der Waals surface area contributed by atoms with Gasteiger partial charge in [0.25, 0.3) is 0 Å². The first-order valence-corrected chi connectivity index (χ1v) is 9.80. The third-order valence-corrected chi connectivity index (χ3v) is 5.33. The Kier molecular flexibility index (Phi) is 4.76. The molecule has 0 atom stereocenters. The van der Waals surface area contributed by atoms with Crippen molar-refractivity contribution in [2.45, 2.75) is 32.7 Å². The highest BCUT2D eigenvalue weighted by Gasteiger charge is 2.32. The van der Waals surface area contributed by atoms with Gasteiger partial charge in [-0.2, -0.15) is 17.5 Å². The van der Waals surface area contributed by atoms with Gasteiger partial charge in [0.1, 0.15) is 11.6 Å². The minimum absolute atomic E-state index is 0.00831. The molecule has 2 aromatic rings. The molecule has 7 nitrogen and oxygen atoms in total. The molecule has 0 fully saturated rings. The molecule has 0 radical (unpaired) electrons. The highest BCUT2D eigenvalue weighted by molar-refractivity contribution is 7.88. The second-order valence-electron chi connectivity index (χ2n) is 6.39. The average molecular weight is 401 g/mol. The summed E-state index contributed by atoms with van der Waals surface area (Å²) in [6.07, 6.45) is -3.38. The molecule has 1 aromatic carbocycles. The molecule has 0 saturated heterocycles. The van der Waals surface area contributed by atoms with Crippen LogP contribution in [0.4, 0.5) is 24.7 Å². The number of nitrogens with zero attached hydrogens (tertiary/aromatic N) is 3. The van der Waals surface area contributed by atoms with Crippen LogP contribution in [0.25, 0.3) is 0 Å². The molecule has 0 saturated carbocycles.